The molecule has 46 valence electrons. The van der Waals surface area contributed by atoms with Gasteiger partial charge in [-0.2, -0.15) is 0 Å². The molecule has 0 heterocycles. The molecule has 5 nitrogen and oxygen atoms in total. The smallest absolute Gasteiger partial charge is 0.327 e. The summed E-state index contributed by atoms with van der Waals surface area (Å²) in [5.41, 5.74) is 0. The Balaban J connectivity index is 0. The second-order valence-electron chi connectivity index (χ2n) is 0.352. The van der Waals surface area contributed by atoms with E-state index in [1.165, 1.54) is 0 Å². The Kier molecular flexibility index (Phi) is 14.2. The fraction of sp³-hybridized carbons (Fsp3) is 0. The standard InChI is InChI=1S/ClHO2.H3O3P/c2-1-3;1-4(2)3/h2H;4H,(H2,1,2,3). The van der Waals surface area contributed by atoms with Crippen molar-refractivity contribution in [2.45, 2.75) is 0 Å². The van der Waals surface area contributed by atoms with Crippen LogP contribution in [0.15, 0.2) is 0 Å². The minimum absolute atomic E-state index is 0.167. The molecular weight excluding hydrogens is 146 g/mol. The zero-order valence-electron chi connectivity index (χ0n) is 3.04. The highest BCUT2D eigenvalue weighted by molar-refractivity contribution is 7.30. The summed E-state index contributed by atoms with van der Waals surface area (Å²) < 4.78 is 24.0. The quantitative estimate of drug-likeness (QED) is 0.335. The Hall–Kier alpha value is 0.360. The lowest BCUT2D eigenvalue weighted by atomic mass is 15.8. The highest BCUT2D eigenvalue weighted by Gasteiger charge is 1.61. The highest BCUT2D eigenvalue weighted by Crippen LogP contribution is 1.98. The van der Waals surface area contributed by atoms with Gasteiger partial charge < -0.3 is 14.4 Å². The molecule has 0 amide bonds. The van der Waals surface area contributed by atoms with Crippen molar-refractivity contribution in [2.24, 2.45) is 0 Å². The third-order valence-corrected chi connectivity index (χ3v) is 0. The molecule has 0 aromatic carbocycles. The molecule has 0 spiro atoms. The zero-order chi connectivity index (χ0) is 6.28. The lowest BCUT2D eigenvalue weighted by Gasteiger charge is -1.61. The van der Waals surface area contributed by atoms with Crippen LogP contribution in [0.2, 0.25) is 0 Å². The number of rotatable bonds is 0. The van der Waals surface area contributed by atoms with Crippen LogP contribution in [0.1, 0.15) is 0 Å². The van der Waals surface area contributed by atoms with Gasteiger partial charge in [-0.25, -0.2) is 0 Å². The van der Waals surface area contributed by atoms with Crippen LogP contribution in [0.4, 0.5) is 0 Å². The van der Waals surface area contributed by atoms with Crippen molar-refractivity contribution >= 4 is 8.25 Å². The maximum Gasteiger partial charge on any atom is 0.327 e. The van der Waals surface area contributed by atoms with E-state index in [1.54, 1.807) is 0 Å². The van der Waals surface area contributed by atoms with Crippen LogP contribution in [0.25, 0.3) is 0 Å². The van der Waals surface area contributed by atoms with Gasteiger partial charge in [0.1, 0.15) is 0 Å². The predicted octanol–water partition coefficient (Wildman–Crippen LogP) is -2.39. The van der Waals surface area contributed by atoms with E-state index in [0.29, 0.717) is 0 Å². The normalized spacial score (nSPS) is 7.57. The van der Waals surface area contributed by atoms with Crippen molar-refractivity contribution in [3.63, 3.8) is 0 Å². The van der Waals surface area contributed by atoms with Gasteiger partial charge in [-0.15, -0.1) is 4.66 Å². The Morgan fingerprint density at radius 1 is 1.57 bits per heavy atom. The van der Waals surface area contributed by atoms with Crippen molar-refractivity contribution < 1.29 is 35.0 Å². The first-order valence-electron chi connectivity index (χ1n) is 0.975. The van der Waals surface area contributed by atoms with E-state index in [2.05, 4.69) is 0 Å². The summed E-state index contributed by atoms with van der Waals surface area (Å²) in [6, 6.07) is 0. The van der Waals surface area contributed by atoms with E-state index in [0.717, 1.165) is 0 Å². The third-order valence-electron chi connectivity index (χ3n) is 0. The van der Waals surface area contributed by atoms with E-state index in [-0.39, 0.29) is 11.3 Å². The van der Waals surface area contributed by atoms with E-state index in [1.807, 2.05) is 0 Å². The van der Waals surface area contributed by atoms with Crippen molar-refractivity contribution in [2.75, 3.05) is 0 Å². The molecule has 7 heteroatoms. The Morgan fingerprint density at radius 2 is 1.57 bits per heavy atom. The van der Waals surface area contributed by atoms with Crippen molar-refractivity contribution in [3.05, 3.63) is 0 Å². The molecule has 7 heavy (non-hydrogen) atoms. The van der Waals surface area contributed by atoms with E-state index in [9.17, 15) is 0 Å². The lowest BCUT2D eigenvalue weighted by Crippen LogP contribution is -1.94. The first-order chi connectivity index (χ1) is 3.15. The summed E-state index contributed by atoms with van der Waals surface area (Å²) in [6.07, 6.45) is 0. The third kappa shape index (κ3) is 933. The molecule has 0 aromatic heterocycles. The van der Waals surface area contributed by atoms with Gasteiger partial charge >= 0.3 is 19.6 Å². The van der Waals surface area contributed by atoms with Crippen molar-refractivity contribution in [3.8, 4) is 0 Å². The van der Waals surface area contributed by atoms with Crippen LogP contribution in [-0.4, -0.2) is 14.4 Å². The Labute approximate surface area is 44.2 Å². The summed E-state index contributed by atoms with van der Waals surface area (Å²) in [7, 11) is -3.13. The minimum atomic E-state index is -3.13. The molecule has 0 atom stereocenters. The van der Waals surface area contributed by atoms with Gasteiger partial charge in [-0.05, 0) is 0 Å². The zero-order valence-corrected chi connectivity index (χ0v) is 4.79. The van der Waals surface area contributed by atoms with Gasteiger partial charge in [-0.3, -0.25) is 4.57 Å². The molecule has 0 unspecified atom stereocenters. The molecule has 0 aliphatic heterocycles. The molecule has 0 bridgehead atoms. The maximum atomic E-state index is 8.74. The molecule has 0 aliphatic rings. The molecular formula is H4ClO5P. The van der Waals surface area contributed by atoms with Crippen molar-refractivity contribution in [1.29, 1.82) is 0 Å². The van der Waals surface area contributed by atoms with Gasteiger partial charge in [0.15, 0.2) is 0 Å². The van der Waals surface area contributed by atoms with Gasteiger partial charge in [0.25, 0.3) is 0 Å². The van der Waals surface area contributed by atoms with E-state index < -0.39 is 8.25 Å². The van der Waals surface area contributed by atoms with Crippen LogP contribution >= 0.6 is 8.25 Å². The second kappa shape index (κ2) is 9.61. The number of hydrogen-bond donors (Lipinski definition) is 3. The number of halogens is 1. The average Bonchev–Trinajstić information content (AvgIpc) is 1.33. The Bertz CT molecular complexity index is 39.3. The predicted molar refractivity (Wildman–Crippen MR) is 15.7 cm³/mol. The fourth-order valence-corrected chi connectivity index (χ4v) is 0. The van der Waals surface area contributed by atoms with Crippen molar-refractivity contribution in [1.82, 2.24) is 0 Å². The highest BCUT2D eigenvalue weighted by atomic mass is 35.6. The molecule has 0 saturated carbocycles. The second-order valence-corrected chi connectivity index (χ2v) is 1.05. The van der Waals surface area contributed by atoms with Gasteiger partial charge in [0.05, 0.1) is 0 Å². The number of hydrogen-bond acceptors (Lipinski definition) is 3. The molecule has 0 radical (unpaired) electrons. The van der Waals surface area contributed by atoms with Crippen LogP contribution in [-0.2, 0) is 4.57 Å². The maximum absolute atomic E-state index is 8.74. The summed E-state index contributed by atoms with van der Waals surface area (Å²) >= 11 is -0.167. The van der Waals surface area contributed by atoms with Crippen LogP contribution in [0, 0.1) is 11.3 Å². The monoisotopic (exact) mass is 150 g/mol. The first kappa shape index (κ1) is 10.4. The lowest BCUT2D eigenvalue weighted by molar-refractivity contribution is -1.27. The summed E-state index contributed by atoms with van der Waals surface area (Å²) in [5, 5.41) is 0. The largest absolute Gasteiger partial charge is 0.506 e. The summed E-state index contributed by atoms with van der Waals surface area (Å²) in [6.45, 7) is 0. The van der Waals surface area contributed by atoms with Gasteiger partial charge in [-0.1, -0.05) is 0 Å². The van der Waals surface area contributed by atoms with Crippen LogP contribution in [0.3, 0.4) is 0 Å². The average molecular weight is 150 g/mol. The van der Waals surface area contributed by atoms with E-state index >= 15 is 0 Å². The van der Waals surface area contributed by atoms with E-state index in [4.69, 9.17) is 23.7 Å². The molecule has 0 fully saturated rings. The Morgan fingerprint density at radius 3 is 1.57 bits per heavy atom. The molecule has 0 aromatic rings. The summed E-state index contributed by atoms with van der Waals surface area (Å²) in [5.74, 6) is 0. The minimum Gasteiger partial charge on any atom is -0.506 e. The van der Waals surface area contributed by atoms with Gasteiger partial charge in [0.2, 0.25) is 0 Å². The SMILES string of the molecule is O=[PH](O)O.[O-][Cl+]O. The topological polar surface area (TPSA) is 101 Å². The first-order valence-corrected chi connectivity index (χ1v) is 2.92. The molecule has 3 N–H and O–H groups in total. The summed E-state index contributed by atoms with van der Waals surface area (Å²) in [4.78, 5) is 14.3. The van der Waals surface area contributed by atoms with Crippen LogP contribution < -0.4 is 4.66 Å². The van der Waals surface area contributed by atoms with Crippen LogP contribution in [0.5, 0.6) is 0 Å². The fourth-order valence-electron chi connectivity index (χ4n) is 0. The molecule has 0 rings (SSSR count). The molecule has 0 aliphatic carbocycles. The molecule has 0 saturated heterocycles. The van der Waals surface area contributed by atoms with Gasteiger partial charge in [0, 0.05) is 0 Å².